The van der Waals surface area contributed by atoms with E-state index in [2.05, 4.69) is 18.6 Å². The molecule has 0 aliphatic rings. The van der Waals surface area contributed by atoms with Gasteiger partial charge in [-0.3, -0.25) is 0 Å². The molecular weight excluding hydrogens is 368 g/mol. The molecule has 4 nitrogen and oxygen atoms in total. The molecule has 0 saturated carbocycles. The lowest BCUT2D eigenvalue weighted by atomic mass is 9.95. The molecular formula is C23H26N2O2S. The van der Waals surface area contributed by atoms with Gasteiger partial charge in [-0.1, -0.05) is 86.6 Å². The number of hydrogen-bond donors (Lipinski definition) is 2. The Morgan fingerprint density at radius 2 is 1.21 bits per heavy atom. The number of rotatable bonds is 7. The Bertz CT molecular complexity index is 986. The zero-order valence-corrected chi connectivity index (χ0v) is 16.9. The minimum atomic E-state index is -3.73. The van der Waals surface area contributed by atoms with Gasteiger partial charge in [0, 0.05) is 0 Å². The van der Waals surface area contributed by atoms with Crippen LogP contribution in [-0.4, -0.2) is 8.42 Å². The molecule has 0 heterocycles. The predicted octanol–water partition coefficient (Wildman–Crippen LogP) is 4.53. The van der Waals surface area contributed by atoms with Gasteiger partial charge in [0.25, 0.3) is 0 Å². The van der Waals surface area contributed by atoms with E-state index in [9.17, 15) is 8.42 Å². The predicted molar refractivity (Wildman–Crippen MR) is 113 cm³/mol. The quantitative estimate of drug-likeness (QED) is 0.618. The molecule has 146 valence electrons. The van der Waals surface area contributed by atoms with Crippen LogP contribution in [0.1, 0.15) is 48.5 Å². The van der Waals surface area contributed by atoms with Crippen LogP contribution in [0.3, 0.4) is 0 Å². The minimum Gasteiger partial charge on any atom is -0.322 e. The molecule has 3 aromatic carbocycles. The second-order valence-corrected chi connectivity index (χ2v) is 8.88. The molecule has 3 rings (SSSR count). The summed E-state index contributed by atoms with van der Waals surface area (Å²) in [5, 5.41) is 0. The molecule has 0 aliphatic heterocycles. The summed E-state index contributed by atoms with van der Waals surface area (Å²) in [6, 6.07) is 24.9. The van der Waals surface area contributed by atoms with Crippen LogP contribution in [0.15, 0.2) is 89.8 Å². The van der Waals surface area contributed by atoms with E-state index in [1.54, 1.807) is 12.1 Å². The third kappa shape index (κ3) is 4.68. The van der Waals surface area contributed by atoms with Crippen LogP contribution in [0, 0.1) is 0 Å². The van der Waals surface area contributed by atoms with Crippen LogP contribution in [0.4, 0.5) is 0 Å². The SMILES string of the molecule is CC(C)c1ccc(S(=O)(=O)N[C@H](c2ccccc2)[C@H](N)c2ccccc2)cc1. The topological polar surface area (TPSA) is 72.2 Å². The van der Waals surface area contributed by atoms with E-state index in [1.807, 2.05) is 72.8 Å². The van der Waals surface area contributed by atoms with Crippen LogP contribution in [0.2, 0.25) is 0 Å². The fourth-order valence-corrected chi connectivity index (χ4v) is 4.39. The molecule has 2 atom stereocenters. The molecule has 28 heavy (non-hydrogen) atoms. The van der Waals surface area contributed by atoms with Gasteiger partial charge in [-0.2, -0.15) is 0 Å². The van der Waals surface area contributed by atoms with Crippen molar-refractivity contribution in [2.45, 2.75) is 36.7 Å². The van der Waals surface area contributed by atoms with Gasteiger partial charge in [-0.05, 0) is 34.7 Å². The standard InChI is InChI=1S/C23H26N2O2S/c1-17(2)18-13-15-21(16-14-18)28(26,27)25-23(20-11-7-4-8-12-20)22(24)19-9-5-3-6-10-19/h3-17,22-23,25H,24H2,1-2H3/t22-,23-/m1/s1. The van der Waals surface area contributed by atoms with E-state index < -0.39 is 22.1 Å². The second kappa shape index (κ2) is 8.69. The molecule has 0 saturated heterocycles. The minimum absolute atomic E-state index is 0.234. The lowest BCUT2D eigenvalue weighted by Crippen LogP contribution is -2.36. The van der Waals surface area contributed by atoms with E-state index >= 15 is 0 Å². The first-order chi connectivity index (χ1) is 13.4. The molecule has 5 heteroatoms. The number of nitrogens with two attached hydrogens (primary N) is 1. The normalized spacial score (nSPS) is 14.0. The maximum absolute atomic E-state index is 13.1. The van der Waals surface area contributed by atoms with Crippen LogP contribution < -0.4 is 10.5 Å². The van der Waals surface area contributed by atoms with Crippen molar-refractivity contribution in [3.63, 3.8) is 0 Å². The fourth-order valence-electron chi connectivity index (χ4n) is 3.14. The highest BCUT2D eigenvalue weighted by Crippen LogP contribution is 2.29. The summed E-state index contributed by atoms with van der Waals surface area (Å²) in [7, 11) is -3.73. The summed E-state index contributed by atoms with van der Waals surface area (Å²) < 4.78 is 29.0. The fraction of sp³-hybridized carbons (Fsp3) is 0.217. The van der Waals surface area contributed by atoms with Crippen molar-refractivity contribution in [3.05, 3.63) is 102 Å². The summed E-state index contributed by atoms with van der Waals surface area (Å²) in [5.74, 6) is 0.341. The molecule has 0 radical (unpaired) electrons. The highest BCUT2D eigenvalue weighted by atomic mass is 32.2. The van der Waals surface area contributed by atoms with Crippen LogP contribution in [0.5, 0.6) is 0 Å². The van der Waals surface area contributed by atoms with Crippen LogP contribution in [0.25, 0.3) is 0 Å². The van der Waals surface area contributed by atoms with E-state index in [0.29, 0.717) is 5.92 Å². The van der Waals surface area contributed by atoms with Gasteiger partial charge in [0.2, 0.25) is 10.0 Å². The maximum Gasteiger partial charge on any atom is 0.241 e. The lowest BCUT2D eigenvalue weighted by Gasteiger charge is -2.26. The Hall–Kier alpha value is -2.47. The van der Waals surface area contributed by atoms with Crippen molar-refractivity contribution >= 4 is 10.0 Å². The first-order valence-electron chi connectivity index (χ1n) is 9.36. The average molecular weight is 395 g/mol. The van der Waals surface area contributed by atoms with Gasteiger partial charge in [0.1, 0.15) is 0 Å². The van der Waals surface area contributed by atoms with Gasteiger partial charge < -0.3 is 5.73 Å². The Labute approximate surface area is 167 Å². The monoisotopic (exact) mass is 394 g/mol. The van der Waals surface area contributed by atoms with Gasteiger partial charge in [-0.25, -0.2) is 13.1 Å². The summed E-state index contributed by atoms with van der Waals surface area (Å²) >= 11 is 0. The summed E-state index contributed by atoms with van der Waals surface area (Å²) in [6.07, 6.45) is 0. The molecule has 0 spiro atoms. The van der Waals surface area contributed by atoms with Crippen molar-refractivity contribution in [1.82, 2.24) is 4.72 Å². The second-order valence-electron chi connectivity index (χ2n) is 7.17. The zero-order valence-electron chi connectivity index (χ0n) is 16.1. The molecule has 3 N–H and O–H groups in total. The van der Waals surface area contributed by atoms with Gasteiger partial charge >= 0.3 is 0 Å². The molecule has 0 amide bonds. The summed E-state index contributed by atoms with van der Waals surface area (Å²) in [6.45, 7) is 4.15. The molecule has 3 aromatic rings. The summed E-state index contributed by atoms with van der Waals surface area (Å²) in [5.41, 5.74) is 9.28. The van der Waals surface area contributed by atoms with E-state index in [-0.39, 0.29) is 4.90 Å². The Kier molecular flexibility index (Phi) is 6.29. The van der Waals surface area contributed by atoms with Gasteiger partial charge in [0.15, 0.2) is 0 Å². The van der Waals surface area contributed by atoms with Crippen LogP contribution in [-0.2, 0) is 10.0 Å². The molecule has 0 aromatic heterocycles. The van der Waals surface area contributed by atoms with E-state index in [0.717, 1.165) is 16.7 Å². The lowest BCUT2D eigenvalue weighted by molar-refractivity contribution is 0.504. The largest absolute Gasteiger partial charge is 0.322 e. The van der Waals surface area contributed by atoms with Crippen LogP contribution >= 0.6 is 0 Å². The highest BCUT2D eigenvalue weighted by Gasteiger charge is 2.27. The van der Waals surface area contributed by atoms with Crippen molar-refractivity contribution in [3.8, 4) is 0 Å². The zero-order chi connectivity index (χ0) is 20.1. The smallest absolute Gasteiger partial charge is 0.241 e. The van der Waals surface area contributed by atoms with E-state index in [1.165, 1.54) is 0 Å². The Morgan fingerprint density at radius 1 is 0.714 bits per heavy atom. The first-order valence-corrected chi connectivity index (χ1v) is 10.8. The number of hydrogen-bond acceptors (Lipinski definition) is 3. The Morgan fingerprint density at radius 3 is 1.71 bits per heavy atom. The first kappa shape index (κ1) is 20.3. The highest BCUT2D eigenvalue weighted by molar-refractivity contribution is 7.89. The van der Waals surface area contributed by atoms with Crippen molar-refractivity contribution in [2.75, 3.05) is 0 Å². The summed E-state index contributed by atoms with van der Waals surface area (Å²) in [4.78, 5) is 0.234. The molecule has 0 fully saturated rings. The number of sulfonamides is 1. The van der Waals surface area contributed by atoms with Gasteiger partial charge in [-0.15, -0.1) is 0 Å². The third-order valence-corrected chi connectivity index (χ3v) is 6.30. The van der Waals surface area contributed by atoms with Crippen molar-refractivity contribution in [2.24, 2.45) is 5.73 Å². The maximum atomic E-state index is 13.1. The Balaban J connectivity index is 1.94. The molecule has 0 aliphatic carbocycles. The molecule has 0 unspecified atom stereocenters. The number of nitrogens with one attached hydrogen (secondary N) is 1. The van der Waals surface area contributed by atoms with Crippen molar-refractivity contribution < 1.29 is 8.42 Å². The van der Waals surface area contributed by atoms with E-state index in [4.69, 9.17) is 5.73 Å². The number of benzene rings is 3. The molecule has 0 bridgehead atoms. The third-order valence-electron chi connectivity index (χ3n) is 4.84. The van der Waals surface area contributed by atoms with Crippen molar-refractivity contribution in [1.29, 1.82) is 0 Å². The average Bonchev–Trinajstić information content (AvgIpc) is 2.73. The van der Waals surface area contributed by atoms with Gasteiger partial charge in [0.05, 0.1) is 17.0 Å².